The van der Waals surface area contributed by atoms with Crippen molar-refractivity contribution in [2.24, 2.45) is 5.73 Å². The van der Waals surface area contributed by atoms with E-state index in [1.54, 1.807) is 7.11 Å². The summed E-state index contributed by atoms with van der Waals surface area (Å²) in [6.45, 7) is 3.21. The molecular formula is C12H18BrNO2. The maximum absolute atomic E-state index is 5.95. The fourth-order valence-corrected chi connectivity index (χ4v) is 1.85. The van der Waals surface area contributed by atoms with Gasteiger partial charge in [0, 0.05) is 13.2 Å². The van der Waals surface area contributed by atoms with Crippen LogP contribution in [0.3, 0.4) is 0 Å². The first-order chi connectivity index (χ1) is 7.69. The summed E-state index contributed by atoms with van der Waals surface area (Å²) in [5.74, 6) is 0.823. The number of halogens is 1. The molecule has 0 bridgehead atoms. The molecule has 0 fully saturated rings. The molecule has 0 saturated carbocycles. The van der Waals surface area contributed by atoms with Gasteiger partial charge in [-0.3, -0.25) is 0 Å². The summed E-state index contributed by atoms with van der Waals surface area (Å²) in [4.78, 5) is 0. The monoisotopic (exact) mass is 287 g/mol. The molecule has 90 valence electrons. The Hall–Kier alpha value is -0.580. The Morgan fingerprint density at radius 3 is 2.69 bits per heavy atom. The van der Waals surface area contributed by atoms with Gasteiger partial charge in [-0.05, 0) is 40.0 Å². The van der Waals surface area contributed by atoms with Crippen LogP contribution in [-0.2, 0) is 4.74 Å². The lowest BCUT2D eigenvalue weighted by Gasteiger charge is -2.12. The largest absolute Gasteiger partial charge is 0.490 e. The number of hydrogen-bond acceptors (Lipinski definition) is 3. The quantitative estimate of drug-likeness (QED) is 0.819. The molecular weight excluding hydrogens is 270 g/mol. The minimum absolute atomic E-state index is 0.0873. The van der Waals surface area contributed by atoms with Gasteiger partial charge in [0.15, 0.2) is 0 Å². The van der Waals surface area contributed by atoms with Crippen molar-refractivity contribution in [1.29, 1.82) is 0 Å². The van der Waals surface area contributed by atoms with Crippen molar-refractivity contribution in [2.75, 3.05) is 20.3 Å². The average Bonchev–Trinajstić information content (AvgIpc) is 2.30. The Kier molecular flexibility index (Phi) is 5.80. The van der Waals surface area contributed by atoms with E-state index >= 15 is 0 Å². The van der Waals surface area contributed by atoms with Crippen molar-refractivity contribution in [1.82, 2.24) is 0 Å². The number of ether oxygens (including phenoxy) is 2. The summed E-state index contributed by atoms with van der Waals surface area (Å²) in [7, 11) is 1.65. The van der Waals surface area contributed by atoms with E-state index < -0.39 is 0 Å². The molecule has 0 aliphatic carbocycles. The van der Waals surface area contributed by atoms with E-state index in [2.05, 4.69) is 22.9 Å². The van der Waals surface area contributed by atoms with Crippen LogP contribution >= 0.6 is 15.9 Å². The highest BCUT2D eigenvalue weighted by Crippen LogP contribution is 2.28. The second-order valence-electron chi connectivity index (χ2n) is 3.55. The fraction of sp³-hybridized carbons (Fsp3) is 0.500. The van der Waals surface area contributed by atoms with Gasteiger partial charge in [0.1, 0.15) is 12.4 Å². The molecule has 4 heteroatoms. The van der Waals surface area contributed by atoms with Crippen molar-refractivity contribution < 1.29 is 9.47 Å². The van der Waals surface area contributed by atoms with Crippen LogP contribution in [0.4, 0.5) is 0 Å². The molecule has 0 aromatic heterocycles. The van der Waals surface area contributed by atoms with Gasteiger partial charge in [0.05, 0.1) is 11.1 Å². The third-order valence-electron chi connectivity index (χ3n) is 2.37. The average molecular weight is 288 g/mol. The summed E-state index contributed by atoms with van der Waals surface area (Å²) in [6, 6.07) is 6.03. The SMILES string of the molecule is CC[C@H](N)c1ccc(OCCOC)c(Br)c1. The molecule has 0 aliphatic rings. The highest BCUT2D eigenvalue weighted by molar-refractivity contribution is 9.10. The molecule has 0 amide bonds. The molecule has 0 heterocycles. The summed E-state index contributed by atoms with van der Waals surface area (Å²) < 4.78 is 11.4. The van der Waals surface area contributed by atoms with Crippen LogP contribution < -0.4 is 10.5 Å². The van der Waals surface area contributed by atoms with Gasteiger partial charge >= 0.3 is 0 Å². The van der Waals surface area contributed by atoms with E-state index in [4.69, 9.17) is 15.2 Å². The molecule has 1 atom stereocenters. The number of benzene rings is 1. The summed E-state index contributed by atoms with van der Waals surface area (Å²) in [5.41, 5.74) is 7.07. The standard InChI is InChI=1S/C12H18BrNO2/c1-3-11(14)9-4-5-12(10(13)8-9)16-7-6-15-2/h4-5,8,11H,3,6-7,14H2,1-2H3/t11-/m0/s1. The molecule has 16 heavy (non-hydrogen) atoms. The number of methoxy groups -OCH3 is 1. The van der Waals surface area contributed by atoms with Crippen molar-refractivity contribution in [3.8, 4) is 5.75 Å². The van der Waals surface area contributed by atoms with Crippen LogP contribution in [0.5, 0.6) is 5.75 Å². The highest BCUT2D eigenvalue weighted by atomic mass is 79.9. The lowest BCUT2D eigenvalue weighted by atomic mass is 10.1. The first-order valence-corrected chi connectivity index (χ1v) is 6.15. The first kappa shape index (κ1) is 13.5. The van der Waals surface area contributed by atoms with Crippen LogP contribution in [0.1, 0.15) is 24.9 Å². The molecule has 0 radical (unpaired) electrons. The van der Waals surface area contributed by atoms with Gasteiger partial charge in [-0.15, -0.1) is 0 Å². The minimum Gasteiger partial charge on any atom is -0.490 e. The van der Waals surface area contributed by atoms with Crippen LogP contribution in [-0.4, -0.2) is 20.3 Å². The fourth-order valence-electron chi connectivity index (χ4n) is 1.34. The Bertz CT molecular complexity index is 331. The van der Waals surface area contributed by atoms with Gasteiger partial charge in [-0.2, -0.15) is 0 Å². The molecule has 0 saturated heterocycles. The maximum Gasteiger partial charge on any atom is 0.133 e. The van der Waals surface area contributed by atoms with E-state index in [1.165, 1.54) is 0 Å². The molecule has 3 nitrogen and oxygen atoms in total. The van der Waals surface area contributed by atoms with Gasteiger partial charge < -0.3 is 15.2 Å². The van der Waals surface area contributed by atoms with Crippen LogP contribution in [0.2, 0.25) is 0 Å². The van der Waals surface area contributed by atoms with E-state index in [1.807, 2.05) is 18.2 Å². The highest BCUT2D eigenvalue weighted by Gasteiger charge is 2.07. The zero-order valence-electron chi connectivity index (χ0n) is 9.70. The Balaban J connectivity index is 2.67. The molecule has 1 aromatic carbocycles. The predicted molar refractivity (Wildman–Crippen MR) is 68.7 cm³/mol. The number of hydrogen-bond donors (Lipinski definition) is 1. The van der Waals surface area contributed by atoms with Gasteiger partial charge in [0.2, 0.25) is 0 Å². The lowest BCUT2D eigenvalue weighted by Crippen LogP contribution is -2.09. The van der Waals surface area contributed by atoms with Crippen molar-refractivity contribution in [3.63, 3.8) is 0 Å². The molecule has 0 aliphatic heterocycles. The van der Waals surface area contributed by atoms with E-state index in [0.717, 1.165) is 22.2 Å². The lowest BCUT2D eigenvalue weighted by molar-refractivity contribution is 0.146. The van der Waals surface area contributed by atoms with Crippen LogP contribution in [0, 0.1) is 0 Å². The Labute approximate surface area is 105 Å². The number of nitrogens with two attached hydrogens (primary N) is 1. The molecule has 1 rings (SSSR count). The molecule has 0 spiro atoms. The van der Waals surface area contributed by atoms with E-state index in [-0.39, 0.29) is 6.04 Å². The second-order valence-corrected chi connectivity index (χ2v) is 4.40. The molecule has 1 aromatic rings. The second kappa shape index (κ2) is 6.89. The Morgan fingerprint density at radius 1 is 1.38 bits per heavy atom. The molecule has 2 N–H and O–H groups in total. The molecule has 0 unspecified atom stereocenters. The third kappa shape index (κ3) is 3.77. The van der Waals surface area contributed by atoms with Gasteiger partial charge in [-0.1, -0.05) is 13.0 Å². The first-order valence-electron chi connectivity index (χ1n) is 5.35. The van der Waals surface area contributed by atoms with Gasteiger partial charge in [0.25, 0.3) is 0 Å². The number of rotatable bonds is 6. The smallest absolute Gasteiger partial charge is 0.133 e. The maximum atomic E-state index is 5.95. The Morgan fingerprint density at radius 2 is 2.12 bits per heavy atom. The third-order valence-corrected chi connectivity index (χ3v) is 2.99. The van der Waals surface area contributed by atoms with Crippen molar-refractivity contribution in [2.45, 2.75) is 19.4 Å². The van der Waals surface area contributed by atoms with E-state index in [9.17, 15) is 0 Å². The zero-order chi connectivity index (χ0) is 12.0. The van der Waals surface area contributed by atoms with Gasteiger partial charge in [-0.25, -0.2) is 0 Å². The van der Waals surface area contributed by atoms with E-state index in [0.29, 0.717) is 13.2 Å². The summed E-state index contributed by atoms with van der Waals surface area (Å²) in [6.07, 6.45) is 0.927. The summed E-state index contributed by atoms with van der Waals surface area (Å²) in [5, 5.41) is 0. The zero-order valence-corrected chi connectivity index (χ0v) is 11.3. The topological polar surface area (TPSA) is 44.5 Å². The summed E-state index contributed by atoms with van der Waals surface area (Å²) >= 11 is 3.48. The van der Waals surface area contributed by atoms with Crippen molar-refractivity contribution >= 4 is 15.9 Å². The van der Waals surface area contributed by atoms with Crippen molar-refractivity contribution in [3.05, 3.63) is 28.2 Å². The minimum atomic E-state index is 0.0873. The van der Waals surface area contributed by atoms with Crippen LogP contribution in [0.15, 0.2) is 22.7 Å². The normalized spacial score (nSPS) is 12.5. The van der Waals surface area contributed by atoms with Crippen LogP contribution in [0.25, 0.3) is 0 Å². The predicted octanol–water partition coefficient (Wildman–Crippen LogP) is 2.88.